The molecule has 0 nitrogen and oxygen atoms in total. The smallest absolute Gasteiger partial charge is 0.202 e. The minimum atomic E-state index is -4.81. The van der Waals surface area contributed by atoms with Gasteiger partial charge in [0.15, 0.2) is 5.83 Å². The summed E-state index contributed by atoms with van der Waals surface area (Å²) in [4.78, 5) is 0. The molecule has 0 atom stereocenters. The Balaban J connectivity index is 2.20. The second kappa shape index (κ2) is 8.68. The largest absolute Gasteiger partial charge is 0.442 e. The molecule has 0 aromatic rings. The Bertz CT molecular complexity index is 285. The van der Waals surface area contributed by atoms with Gasteiger partial charge in [0.2, 0.25) is 0 Å². The fourth-order valence-electron chi connectivity index (χ4n) is 2.98. The van der Waals surface area contributed by atoms with Gasteiger partial charge in [0.05, 0.1) is 0 Å². The van der Waals surface area contributed by atoms with Gasteiger partial charge in [-0.05, 0) is 43.6 Å². The monoisotopic (exact) mass is 294 g/mol. The average molecular weight is 294 g/mol. The molecule has 0 spiro atoms. The molecule has 0 saturated heterocycles. The topological polar surface area (TPSA) is 0 Å². The Kier molecular flexibility index (Phi) is 7.60. The predicted octanol–water partition coefficient (Wildman–Crippen LogP) is 6.57. The standard InChI is InChI=1S/C16H26F4/c1-2-3-4-5-6-7-13-8-10-14(11-9-13)12-15(17)16(18,19)20/h12-14H,2-11H2,1H3. The van der Waals surface area contributed by atoms with Crippen LogP contribution in [-0.2, 0) is 0 Å². The third kappa shape index (κ3) is 6.76. The van der Waals surface area contributed by atoms with Gasteiger partial charge in [-0.15, -0.1) is 0 Å². The van der Waals surface area contributed by atoms with Crippen LogP contribution in [0.3, 0.4) is 0 Å². The van der Waals surface area contributed by atoms with Crippen molar-refractivity contribution in [3.05, 3.63) is 11.9 Å². The van der Waals surface area contributed by atoms with Crippen LogP contribution < -0.4 is 0 Å². The van der Waals surface area contributed by atoms with Crippen LogP contribution in [0.25, 0.3) is 0 Å². The van der Waals surface area contributed by atoms with Gasteiger partial charge in [-0.25, -0.2) is 4.39 Å². The zero-order valence-corrected chi connectivity index (χ0v) is 12.3. The summed E-state index contributed by atoms with van der Waals surface area (Å²) in [6.07, 6.45) is 6.74. The van der Waals surface area contributed by atoms with Crippen molar-refractivity contribution < 1.29 is 17.6 Å². The van der Waals surface area contributed by atoms with Crippen LogP contribution >= 0.6 is 0 Å². The Morgan fingerprint density at radius 1 is 1.00 bits per heavy atom. The van der Waals surface area contributed by atoms with E-state index >= 15 is 0 Å². The molecule has 0 bridgehead atoms. The van der Waals surface area contributed by atoms with Crippen molar-refractivity contribution in [1.29, 1.82) is 0 Å². The summed E-state index contributed by atoms with van der Waals surface area (Å²) in [5.41, 5.74) is 0. The summed E-state index contributed by atoms with van der Waals surface area (Å²) in [5.74, 6) is -1.51. The van der Waals surface area contributed by atoms with Gasteiger partial charge in [0.1, 0.15) is 0 Å². The summed E-state index contributed by atoms with van der Waals surface area (Å²) in [5, 5.41) is 0. The van der Waals surface area contributed by atoms with E-state index in [-0.39, 0.29) is 5.92 Å². The Hall–Kier alpha value is -0.540. The molecule has 0 aliphatic heterocycles. The lowest BCUT2D eigenvalue weighted by molar-refractivity contribution is -0.109. The highest BCUT2D eigenvalue weighted by molar-refractivity contribution is 5.02. The highest BCUT2D eigenvalue weighted by atomic mass is 19.4. The second-order valence-corrected chi connectivity index (χ2v) is 6.00. The first-order valence-electron chi connectivity index (χ1n) is 7.88. The summed E-state index contributed by atoms with van der Waals surface area (Å²) < 4.78 is 49.2. The van der Waals surface area contributed by atoms with Crippen molar-refractivity contribution in [3.8, 4) is 0 Å². The molecule has 0 unspecified atom stereocenters. The molecule has 118 valence electrons. The van der Waals surface area contributed by atoms with Gasteiger partial charge in [-0.3, -0.25) is 0 Å². The first-order valence-corrected chi connectivity index (χ1v) is 7.88. The van der Waals surface area contributed by atoms with Crippen molar-refractivity contribution in [3.63, 3.8) is 0 Å². The molecule has 0 amide bonds. The molecule has 1 saturated carbocycles. The molecule has 0 aromatic carbocycles. The summed E-state index contributed by atoms with van der Waals surface area (Å²) in [6, 6.07) is 0. The molecular formula is C16H26F4. The average Bonchev–Trinajstić information content (AvgIpc) is 2.39. The zero-order valence-electron chi connectivity index (χ0n) is 12.3. The maximum Gasteiger partial charge on any atom is 0.442 e. The van der Waals surface area contributed by atoms with Gasteiger partial charge >= 0.3 is 6.18 Å². The Morgan fingerprint density at radius 2 is 1.60 bits per heavy atom. The normalized spacial score (nSPS) is 24.9. The van der Waals surface area contributed by atoms with Gasteiger partial charge in [-0.2, -0.15) is 13.2 Å². The lowest BCUT2D eigenvalue weighted by atomic mass is 9.79. The molecule has 4 heteroatoms. The van der Waals surface area contributed by atoms with E-state index < -0.39 is 12.0 Å². The number of alkyl halides is 3. The molecule has 0 aromatic heterocycles. The van der Waals surface area contributed by atoms with Gasteiger partial charge in [0.25, 0.3) is 0 Å². The molecule has 1 rings (SSSR count). The van der Waals surface area contributed by atoms with E-state index in [2.05, 4.69) is 6.92 Å². The molecule has 1 aliphatic carbocycles. The van der Waals surface area contributed by atoms with Crippen LogP contribution in [0.2, 0.25) is 0 Å². The lowest BCUT2D eigenvalue weighted by Gasteiger charge is -2.27. The number of hydrogen-bond acceptors (Lipinski definition) is 0. The SMILES string of the molecule is CCCCCCCC1CCC(C=C(F)C(F)(F)F)CC1. The van der Waals surface area contributed by atoms with Crippen LogP contribution in [0.15, 0.2) is 11.9 Å². The molecule has 1 fully saturated rings. The number of allylic oxidation sites excluding steroid dienone is 2. The fraction of sp³-hybridized carbons (Fsp3) is 0.875. The highest BCUT2D eigenvalue weighted by Gasteiger charge is 2.35. The fourth-order valence-corrected chi connectivity index (χ4v) is 2.98. The molecule has 1 aliphatic rings. The Labute approximate surface area is 119 Å². The third-order valence-corrected chi connectivity index (χ3v) is 4.26. The van der Waals surface area contributed by atoms with E-state index in [1.165, 1.54) is 38.5 Å². The van der Waals surface area contributed by atoms with E-state index in [4.69, 9.17) is 0 Å². The summed E-state index contributed by atoms with van der Waals surface area (Å²) >= 11 is 0. The summed E-state index contributed by atoms with van der Waals surface area (Å²) in [7, 11) is 0. The van der Waals surface area contributed by atoms with E-state index in [0.29, 0.717) is 18.8 Å². The van der Waals surface area contributed by atoms with Gasteiger partial charge < -0.3 is 0 Å². The van der Waals surface area contributed by atoms with Crippen molar-refractivity contribution in [1.82, 2.24) is 0 Å². The highest BCUT2D eigenvalue weighted by Crippen LogP contribution is 2.35. The Morgan fingerprint density at radius 3 is 2.15 bits per heavy atom. The van der Waals surface area contributed by atoms with E-state index in [0.717, 1.165) is 18.9 Å². The lowest BCUT2D eigenvalue weighted by Crippen LogP contribution is -2.15. The molecule has 0 N–H and O–H groups in total. The van der Waals surface area contributed by atoms with Crippen molar-refractivity contribution in [2.75, 3.05) is 0 Å². The maximum absolute atomic E-state index is 12.8. The van der Waals surface area contributed by atoms with Crippen molar-refractivity contribution >= 4 is 0 Å². The molecule has 20 heavy (non-hydrogen) atoms. The van der Waals surface area contributed by atoms with E-state index in [9.17, 15) is 17.6 Å². The molecule has 0 radical (unpaired) electrons. The second-order valence-electron chi connectivity index (χ2n) is 6.00. The predicted molar refractivity (Wildman–Crippen MR) is 74.1 cm³/mol. The zero-order chi connectivity index (χ0) is 15.0. The number of hydrogen-bond donors (Lipinski definition) is 0. The van der Waals surface area contributed by atoms with Crippen LogP contribution in [0.5, 0.6) is 0 Å². The van der Waals surface area contributed by atoms with E-state index in [1.807, 2.05) is 0 Å². The van der Waals surface area contributed by atoms with Crippen molar-refractivity contribution in [2.24, 2.45) is 11.8 Å². The number of halogens is 4. The first-order chi connectivity index (χ1) is 9.43. The molecular weight excluding hydrogens is 268 g/mol. The summed E-state index contributed by atoms with van der Waals surface area (Å²) in [6.45, 7) is 2.19. The van der Waals surface area contributed by atoms with Gasteiger partial charge in [-0.1, -0.05) is 45.4 Å². The van der Waals surface area contributed by atoms with Crippen LogP contribution in [-0.4, -0.2) is 6.18 Å². The maximum atomic E-state index is 12.8. The van der Waals surface area contributed by atoms with Crippen LogP contribution in [0, 0.1) is 11.8 Å². The molecule has 0 heterocycles. The first kappa shape index (κ1) is 17.5. The van der Waals surface area contributed by atoms with Crippen molar-refractivity contribution in [2.45, 2.75) is 77.3 Å². The van der Waals surface area contributed by atoms with Crippen LogP contribution in [0.1, 0.15) is 71.1 Å². The van der Waals surface area contributed by atoms with E-state index in [1.54, 1.807) is 0 Å². The van der Waals surface area contributed by atoms with Crippen LogP contribution in [0.4, 0.5) is 17.6 Å². The quantitative estimate of drug-likeness (QED) is 0.368. The minimum absolute atomic E-state index is 0.229. The minimum Gasteiger partial charge on any atom is -0.202 e. The van der Waals surface area contributed by atoms with Gasteiger partial charge in [0, 0.05) is 0 Å². The number of unbranched alkanes of at least 4 members (excludes halogenated alkanes) is 4. The number of rotatable bonds is 7. The third-order valence-electron chi connectivity index (χ3n) is 4.26.